The molecule has 1 unspecified atom stereocenters. The highest BCUT2D eigenvalue weighted by atomic mass is 32.1. The minimum Gasteiger partial charge on any atom is -0.481 e. The van der Waals surface area contributed by atoms with E-state index in [1.54, 1.807) is 11.3 Å². The SMILES string of the molecule is Cc1nc(CCCC(=O)NC(CCC(=O)O)Cc2ccccc2)cs1. The van der Waals surface area contributed by atoms with Crippen LogP contribution in [0.25, 0.3) is 0 Å². The molecule has 6 heteroatoms. The lowest BCUT2D eigenvalue weighted by Gasteiger charge is -2.18. The molecule has 25 heavy (non-hydrogen) atoms. The number of rotatable bonds is 10. The molecule has 0 bridgehead atoms. The molecule has 0 aliphatic heterocycles. The number of carboxylic acids is 1. The van der Waals surface area contributed by atoms with E-state index in [-0.39, 0.29) is 18.4 Å². The maximum absolute atomic E-state index is 12.2. The van der Waals surface area contributed by atoms with Gasteiger partial charge in [0.2, 0.25) is 5.91 Å². The van der Waals surface area contributed by atoms with Gasteiger partial charge in [-0.05, 0) is 38.2 Å². The molecule has 0 saturated heterocycles. The molecule has 2 rings (SSSR count). The number of benzene rings is 1. The summed E-state index contributed by atoms with van der Waals surface area (Å²) in [5.41, 5.74) is 2.12. The van der Waals surface area contributed by atoms with Gasteiger partial charge in [-0.25, -0.2) is 4.98 Å². The first kappa shape index (κ1) is 19.1. The standard InChI is InChI=1S/C19H24N2O3S/c1-14-20-17(13-25-14)8-5-9-18(22)21-16(10-11-19(23)24)12-15-6-3-2-4-7-15/h2-4,6-7,13,16H,5,8-12H2,1H3,(H,21,22)(H,23,24). The van der Waals surface area contributed by atoms with Gasteiger partial charge >= 0.3 is 5.97 Å². The normalized spacial score (nSPS) is 11.9. The Morgan fingerprint density at radius 1 is 1.24 bits per heavy atom. The van der Waals surface area contributed by atoms with Crippen LogP contribution in [0.2, 0.25) is 0 Å². The van der Waals surface area contributed by atoms with Crippen LogP contribution in [0.3, 0.4) is 0 Å². The minimum absolute atomic E-state index is 0.0294. The highest BCUT2D eigenvalue weighted by Gasteiger charge is 2.15. The van der Waals surface area contributed by atoms with Gasteiger partial charge in [0.15, 0.2) is 0 Å². The van der Waals surface area contributed by atoms with E-state index in [9.17, 15) is 9.59 Å². The predicted octanol–water partition coefficient (Wildman–Crippen LogP) is 3.37. The molecule has 2 aromatic rings. The van der Waals surface area contributed by atoms with E-state index in [1.807, 2.05) is 42.6 Å². The van der Waals surface area contributed by atoms with E-state index in [2.05, 4.69) is 10.3 Å². The van der Waals surface area contributed by atoms with Crippen LogP contribution in [0.5, 0.6) is 0 Å². The molecule has 0 aliphatic rings. The molecule has 0 radical (unpaired) electrons. The molecule has 1 amide bonds. The first-order chi connectivity index (χ1) is 12.0. The van der Waals surface area contributed by atoms with Crippen molar-refractivity contribution in [2.45, 2.75) is 51.5 Å². The molecule has 1 atom stereocenters. The molecule has 0 fully saturated rings. The van der Waals surface area contributed by atoms with Crippen LogP contribution in [-0.2, 0) is 22.4 Å². The summed E-state index contributed by atoms with van der Waals surface area (Å²) >= 11 is 1.62. The van der Waals surface area contributed by atoms with Crippen molar-refractivity contribution in [3.05, 3.63) is 52.0 Å². The fourth-order valence-electron chi connectivity index (χ4n) is 2.67. The molecule has 2 N–H and O–H groups in total. The molecule has 0 saturated carbocycles. The Balaban J connectivity index is 1.81. The van der Waals surface area contributed by atoms with Crippen molar-refractivity contribution in [3.8, 4) is 0 Å². The Morgan fingerprint density at radius 3 is 2.64 bits per heavy atom. The van der Waals surface area contributed by atoms with Crippen molar-refractivity contribution in [2.24, 2.45) is 0 Å². The monoisotopic (exact) mass is 360 g/mol. The number of thiazole rings is 1. The molecular formula is C19H24N2O3S. The quantitative estimate of drug-likeness (QED) is 0.681. The van der Waals surface area contributed by atoms with Gasteiger partial charge in [-0.2, -0.15) is 0 Å². The van der Waals surface area contributed by atoms with Crippen molar-refractivity contribution in [1.29, 1.82) is 0 Å². The molecule has 1 heterocycles. The van der Waals surface area contributed by atoms with Crippen LogP contribution < -0.4 is 5.32 Å². The van der Waals surface area contributed by atoms with Crippen LogP contribution in [-0.4, -0.2) is 28.0 Å². The van der Waals surface area contributed by atoms with Crippen LogP contribution in [0.4, 0.5) is 0 Å². The lowest BCUT2D eigenvalue weighted by Crippen LogP contribution is -2.36. The summed E-state index contributed by atoms with van der Waals surface area (Å²) in [7, 11) is 0. The van der Waals surface area contributed by atoms with Gasteiger partial charge in [0.1, 0.15) is 0 Å². The smallest absolute Gasteiger partial charge is 0.303 e. The largest absolute Gasteiger partial charge is 0.481 e. The fourth-order valence-corrected chi connectivity index (χ4v) is 3.32. The second kappa shape index (κ2) is 9.93. The van der Waals surface area contributed by atoms with Crippen molar-refractivity contribution in [3.63, 3.8) is 0 Å². The van der Waals surface area contributed by atoms with Gasteiger partial charge in [-0.3, -0.25) is 9.59 Å². The lowest BCUT2D eigenvalue weighted by molar-refractivity contribution is -0.137. The molecular weight excluding hydrogens is 336 g/mol. The fraction of sp³-hybridized carbons (Fsp3) is 0.421. The third kappa shape index (κ3) is 7.47. The van der Waals surface area contributed by atoms with Crippen LogP contribution in [0, 0.1) is 6.92 Å². The van der Waals surface area contributed by atoms with E-state index in [4.69, 9.17) is 5.11 Å². The number of carboxylic acid groups (broad SMARTS) is 1. The number of hydrogen-bond donors (Lipinski definition) is 2. The number of hydrogen-bond acceptors (Lipinski definition) is 4. The first-order valence-corrected chi connectivity index (χ1v) is 9.37. The number of carbonyl (C=O) groups is 2. The lowest BCUT2D eigenvalue weighted by atomic mass is 10.0. The van der Waals surface area contributed by atoms with Crippen molar-refractivity contribution in [1.82, 2.24) is 10.3 Å². The first-order valence-electron chi connectivity index (χ1n) is 8.49. The summed E-state index contributed by atoms with van der Waals surface area (Å²) in [4.78, 5) is 27.5. The third-order valence-corrected chi connectivity index (χ3v) is 4.72. The average Bonchev–Trinajstić information content (AvgIpc) is 2.99. The van der Waals surface area contributed by atoms with E-state index in [0.717, 1.165) is 29.1 Å². The highest BCUT2D eigenvalue weighted by molar-refractivity contribution is 7.09. The molecule has 0 aliphatic carbocycles. The maximum Gasteiger partial charge on any atom is 0.303 e. The van der Waals surface area contributed by atoms with Gasteiger partial charge in [0.05, 0.1) is 10.7 Å². The molecule has 1 aromatic carbocycles. The number of nitrogens with zero attached hydrogens (tertiary/aromatic N) is 1. The Labute approximate surface area is 152 Å². The maximum atomic E-state index is 12.2. The molecule has 0 spiro atoms. The zero-order chi connectivity index (χ0) is 18.1. The van der Waals surface area contributed by atoms with Crippen LogP contribution in [0.1, 0.15) is 41.9 Å². The van der Waals surface area contributed by atoms with Crippen LogP contribution >= 0.6 is 11.3 Å². The number of aryl methyl sites for hydroxylation is 2. The second-order valence-corrected chi connectivity index (χ2v) is 7.16. The van der Waals surface area contributed by atoms with Gasteiger partial charge in [0, 0.05) is 24.3 Å². The number of aromatic nitrogens is 1. The van der Waals surface area contributed by atoms with Crippen molar-refractivity contribution >= 4 is 23.2 Å². The van der Waals surface area contributed by atoms with Crippen molar-refractivity contribution < 1.29 is 14.7 Å². The van der Waals surface area contributed by atoms with E-state index >= 15 is 0 Å². The van der Waals surface area contributed by atoms with Gasteiger partial charge < -0.3 is 10.4 Å². The average molecular weight is 360 g/mol. The second-order valence-electron chi connectivity index (χ2n) is 6.10. The Morgan fingerprint density at radius 2 is 2.00 bits per heavy atom. The number of carbonyl (C=O) groups excluding carboxylic acids is 1. The summed E-state index contributed by atoms with van der Waals surface area (Å²) < 4.78 is 0. The van der Waals surface area contributed by atoms with Gasteiger partial charge in [-0.15, -0.1) is 11.3 Å². The number of amides is 1. The van der Waals surface area contributed by atoms with E-state index in [0.29, 0.717) is 19.3 Å². The molecule has 5 nitrogen and oxygen atoms in total. The summed E-state index contributed by atoms with van der Waals surface area (Å²) in [6.07, 6.45) is 3.08. The summed E-state index contributed by atoms with van der Waals surface area (Å²) in [6.45, 7) is 1.97. The van der Waals surface area contributed by atoms with Gasteiger partial charge in [0.25, 0.3) is 0 Å². The minimum atomic E-state index is -0.841. The summed E-state index contributed by atoms with van der Waals surface area (Å²) in [5.74, 6) is -0.871. The number of nitrogens with one attached hydrogen (secondary N) is 1. The topological polar surface area (TPSA) is 79.3 Å². The number of aliphatic carboxylic acids is 1. The Bertz CT molecular complexity index is 685. The predicted molar refractivity (Wildman–Crippen MR) is 98.7 cm³/mol. The summed E-state index contributed by atoms with van der Waals surface area (Å²) in [6, 6.07) is 9.65. The molecule has 134 valence electrons. The third-order valence-electron chi connectivity index (χ3n) is 3.90. The Kier molecular flexibility index (Phi) is 7.60. The van der Waals surface area contributed by atoms with E-state index < -0.39 is 5.97 Å². The zero-order valence-corrected chi connectivity index (χ0v) is 15.2. The Hall–Kier alpha value is -2.21. The highest BCUT2D eigenvalue weighted by Crippen LogP contribution is 2.12. The van der Waals surface area contributed by atoms with Crippen LogP contribution in [0.15, 0.2) is 35.7 Å². The zero-order valence-electron chi connectivity index (χ0n) is 14.4. The molecule has 1 aromatic heterocycles. The van der Waals surface area contributed by atoms with Gasteiger partial charge in [-0.1, -0.05) is 30.3 Å². The van der Waals surface area contributed by atoms with Crippen molar-refractivity contribution in [2.75, 3.05) is 0 Å². The summed E-state index contributed by atoms with van der Waals surface area (Å²) in [5, 5.41) is 15.0. The van der Waals surface area contributed by atoms with E-state index in [1.165, 1.54) is 0 Å².